The summed E-state index contributed by atoms with van der Waals surface area (Å²) in [6.07, 6.45) is 1.33. The Morgan fingerprint density at radius 2 is 2.60 bits per heavy atom. The minimum atomic E-state index is -0.177. The molecule has 1 unspecified atom stereocenters. The Bertz CT molecular complexity index is 310. The molecule has 0 aromatic carbocycles. The Morgan fingerprint density at radius 1 is 1.67 bits per heavy atom. The second-order valence-corrected chi connectivity index (χ2v) is 5.67. The van der Waals surface area contributed by atoms with E-state index in [-0.39, 0.29) is 11.7 Å². The number of H-pyrrole nitrogens is 1. The van der Waals surface area contributed by atoms with Gasteiger partial charge in [-0.15, -0.1) is 0 Å². The zero-order chi connectivity index (χ0) is 10.5. The number of carbonyl (C=O) groups excluding carboxylic acids is 1. The summed E-state index contributed by atoms with van der Waals surface area (Å²) in [7, 11) is 0. The van der Waals surface area contributed by atoms with Gasteiger partial charge in [-0.1, -0.05) is 0 Å². The van der Waals surface area contributed by atoms with E-state index in [1.54, 1.807) is 0 Å². The fourth-order valence-corrected chi connectivity index (χ4v) is 3.87. The van der Waals surface area contributed by atoms with Crippen LogP contribution in [0.15, 0.2) is 6.33 Å². The Kier molecular flexibility index (Phi) is 3.90. The Labute approximate surface area is 96.2 Å². The van der Waals surface area contributed by atoms with Gasteiger partial charge in [-0.3, -0.25) is 9.89 Å². The van der Waals surface area contributed by atoms with Crippen LogP contribution in [0.1, 0.15) is 10.6 Å². The molecule has 0 aliphatic carbocycles. The SMILES string of the molecule is O=C(NCC1CSCCS1)c1ncn[nH]1. The van der Waals surface area contributed by atoms with Crippen molar-refractivity contribution in [1.82, 2.24) is 20.5 Å². The molecular formula is C8H12N4OS2. The zero-order valence-corrected chi connectivity index (χ0v) is 9.74. The molecule has 0 saturated carbocycles. The smallest absolute Gasteiger partial charge is 0.288 e. The van der Waals surface area contributed by atoms with Crippen molar-refractivity contribution in [2.75, 3.05) is 23.8 Å². The van der Waals surface area contributed by atoms with Crippen LogP contribution in [-0.2, 0) is 0 Å². The Morgan fingerprint density at radius 3 is 3.27 bits per heavy atom. The topological polar surface area (TPSA) is 70.7 Å². The first kappa shape index (κ1) is 10.8. The molecule has 0 bridgehead atoms. The fraction of sp³-hybridized carbons (Fsp3) is 0.625. The summed E-state index contributed by atoms with van der Waals surface area (Å²) < 4.78 is 0. The number of hydrogen-bond donors (Lipinski definition) is 2. The number of nitrogens with zero attached hydrogens (tertiary/aromatic N) is 2. The molecule has 0 spiro atoms. The van der Waals surface area contributed by atoms with E-state index in [1.807, 2.05) is 23.5 Å². The van der Waals surface area contributed by atoms with Gasteiger partial charge >= 0.3 is 0 Å². The number of thioether (sulfide) groups is 2. The molecule has 5 nitrogen and oxygen atoms in total. The second-order valence-electron chi connectivity index (χ2n) is 3.11. The van der Waals surface area contributed by atoms with E-state index in [0.29, 0.717) is 11.8 Å². The number of aromatic amines is 1. The van der Waals surface area contributed by atoms with Crippen molar-refractivity contribution in [3.05, 3.63) is 12.2 Å². The average Bonchev–Trinajstić information content (AvgIpc) is 2.81. The van der Waals surface area contributed by atoms with Gasteiger partial charge in [0.05, 0.1) is 0 Å². The van der Waals surface area contributed by atoms with Crippen molar-refractivity contribution in [1.29, 1.82) is 0 Å². The van der Waals surface area contributed by atoms with Gasteiger partial charge in [0.1, 0.15) is 6.33 Å². The largest absolute Gasteiger partial charge is 0.348 e. The van der Waals surface area contributed by atoms with E-state index in [1.165, 1.54) is 17.8 Å². The van der Waals surface area contributed by atoms with E-state index >= 15 is 0 Å². The minimum Gasteiger partial charge on any atom is -0.348 e. The molecule has 15 heavy (non-hydrogen) atoms. The molecule has 1 aromatic heterocycles. The first-order valence-electron chi connectivity index (χ1n) is 4.69. The summed E-state index contributed by atoms with van der Waals surface area (Å²) in [5.74, 6) is 3.61. The Balaban J connectivity index is 1.75. The maximum absolute atomic E-state index is 11.5. The lowest BCUT2D eigenvalue weighted by Crippen LogP contribution is -2.33. The highest BCUT2D eigenvalue weighted by molar-refractivity contribution is 8.06. The molecule has 2 heterocycles. The van der Waals surface area contributed by atoms with Crippen molar-refractivity contribution in [2.45, 2.75) is 5.25 Å². The number of hydrogen-bond acceptors (Lipinski definition) is 5. The molecule has 7 heteroatoms. The predicted molar refractivity (Wildman–Crippen MR) is 62.3 cm³/mol. The van der Waals surface area contributed by atoms with Gasteiger partial charge < -0.3 is 5.32 Å². The van der Waals surface area contributed by atoms with Crippen LogP contribution in [0.25, 0.3) is 0 Å². The normalized spacial score (nSPS) is 21.2. The number of carbonyl (C=O) groups is 1. The number of rotatable bonds is 3. The minimum absolute atomic E-state index is 0.177. The van der Waals surface area contributed by atoms with Gasteiger partial charge in [0, 0.05) is 29.1 Å². The first-order valence-corrected chi connectivity index (χ1v) is 6.89. The standard InChI is InChI=1S/C8H12N4OS2/c13-8(7-10-5-11-12-7)9-3-6-4-14-1-2-15-6/h5-6H,1-4H2,(H,9,13)(H,10,11,12). The van der Waals surface area contributed by atoms with E-state index in [9.17, 15) is 4.79 Å². The van der Waals surface area contributed by atoms with Gasteiger partial charge in [0.25, 0.3) is 5.91 Å². The molecule has 82 valence electrons. The lowest BCUT2D eigenvalue weighted by molar-refractivity contribution is 0.0944. The second kappa shape index (κ2) is 5.41. The number of amides is 1. The van der Waals surface area contributed by atoms with E-state index in [4.69, 9.17) is 0 Å². The third kappa shape index (κ3) is 3.13. The molecule has 1 aliphatic heterocycles. The maximum Gasteiger partial charge on any atom is 0.288 e. The van der Waals surface area contributed by atoms with Crippen molar-refractivity contribution in [3.63, 3.8) is 0 Å². The number of nitrogens with one attached hydrogen (secondary N) is 2. The van der Waals surface area contributed by atoms with Crippen molar-refractivity contribution >= 4 is 29.4 Å². The van der Waals surface area contributed by atoms with Crippen LogP contribution >= 0.6 is 23.5 Å². The van der Waals surface area contributed by atoms with Crippen LogP contribution in [0.3, 0.4) is 0 Å². The predicted octanol–water partition coefficient (Wildman–Crippen LogP) is 0.383. The highest BCUT2D eigenvalue weighted by Gasteiger charge is 2.16. The van der Waals surface area contributed by atoms with Crippen molar-refractivity contribution < 1.29 is 4.79 Å². The zero-order valence-electron chi connectivity index (χ0n) is 8.10. The molecule has 1 fully saturated rings. The summed E-state index contributed by atoms with van der Waals surface area (Å²) in [4.78, 5) is 15.3. The first-order chi connectivity index (χ1) is 7.36. The molecule has 0 radical (unpaired) electrons. The molecule has 1 atom stereocenters. The monoisotopic (exact) mass is 244 g/mol. The van der Waals surface area contributed by atoms with Crippen molar-refractivity contribution in [3.8, 4) is 0 Å². The highest BCUT2D eigenvalue weighted by Crippen LogP contribution is 2.23. The lowest BCUT2D eigenvalue weighted by atomic mass is 10.4. The van der Waals surface area contributed by atoms with Gasteiger partial charge in [-0.25, -0.2) is 4.98 Å². The van der Waals surface area contributed by atoms with Crippen LogP contribution in [0.4, 0.5) is 0 Å². The molecule has 1 saturated heterocycles. The summed E-state index contributed by atoms with van der Waals surface area (Å²) in [5, 5.41) is 9.54. The van der Waals surface area contributed by atoms with Crippen LogP contribution in [0.5, 0.6) is 0 Å². The van der Waals surface area contributed by atoms with E-state index in [2.05, 4.69) is 20.5 Å². The summed E-state index contributed by atoms with van der Waals surface area (Å²) in [6.45, 7) is 0.706. The molecule has 1 aliphatic rings. The quantitative estimate of drug-likeness (QED) is 0.804. The van der Waals surface area contributed by atoms with Gasteiger partial charge in [-0.2, -0.15) is 28.6 Å². The average molecular weight is 244 g/mol. The maximum atomic E-state index is 11.5. The van der Waals surface area contributed by atoms with Crippen LogP contribution in [0, 0.1) is 0 Å². The molecule has 1 amide bonds. The third-order valence-electron chi connectivity index (χ3n) is 2.01. The lowest BCUT2D eigenvalue weighted by Gasteiger charge is -2.20. The van der Waals surface area contributed by atoms with Gasteiger partial charge in [-0.05, 0) is 0 Å². The Hall–Kier alpha value is -0.690. The van der Waals surface area contributed by atoms with Crippen molar-refractivity contribution in [2.24, 2.45) is 0 Å². The molecule has 1 aromatic rings. The third-order valence-corrected chi connectivity index (χ3v) is 4.85. The van der Waals surface area contributed by atoms with E-state index < -0.39 is 0 Å². The summed E-state index contributed by atoms with van der Waals surface area (Å²) in [6, 6.07) is 0. The molecule has 2 rings (SSSR count). The molecule has 2 N–H and O–H groups in total. The van der Waals surface area contributed by atoms with Gasteiger partial charge in [0.15, 0.2) is 0 Å². The highest BCUT2D eigenvalue weighted by atomic mass is 32.2. The summed E-state index contributed by atoms with van der Waals surface area (Å²) >= 11 is 3.86. The number of aromatic nitrogens is 3. The van der Waals surface area contributed by atoms with Crippen LogP contribution < -0.4 is 5.32 Å². The molecular weight excluding hydrogens is 232 g/mol. The van der Waals surface area contributed by atoms with E-state index in [0.717, 1.165) is 5.75 Å². The van der Waals surface area contributed by atoms with Crippen LogP contribution in [-0.4, -0.2) is 50.1 Å². The van der Waals surface area contributed by atoms with Gasteiger partial charge in [0.2, 0.25) is 5.82 Å². The fourth-order valence-electron chi connectivity index (χ4n) is 1.26. The summed E-state index contributed by atoms with van der Waals surface area (Å²) in [5.41, 5.74) is 0. The van der Waals surface area contributed by atoms with Crippen LogP contribution in [0.2, 0.25) is 0 Å².